The summed E-state index contributed by atoms with van der Waals surface area (Å²) in [5, 5.41) is 0. The largest absolute Gasteiger partial charge is 0.465 e. The van der Waals surface area contributed by atoms with E-state index in [0.29, 0.717) is 5.56 Å². The Labute approximate surface area is 104 Å². The fourth-order valence-electron chi connectivity index (χ4n) is 2.18. The second kappa shape index (κ2) is 4.10. The van der Waals surface area contributed by atoms with Crippen LogP contribution in [0, 0.1) is 0 Å². The third-order valence-corrected chi connectivity index (χ3v) is 3.32. The van der Waals surface area contributed by atoms with E-state index in [1.807, 2.05) is 17.7 Å². The summed E-state index contributed by atoms with van der Waals surface area (Å²) in [6.07, 6.45) is 1.09. The maximum atomic E-state index is 11.5. The molecule has 0 aliphatic carbocycles. The maximum absolute atomic E-state index is 11.5. The predicted octanol–water partition coefficient (Wildman–Crippen LogP) is 1.82. The second-order valence-electron chi connectivity index (χ2n) is 4.37. The number of carbonyl (C=O) groups excluding carboxylic acids is 1. The molecule has 5 nitrogen and oxygen atoms in total. The zero-order chi connectivity index (χ0) is 12.7. The van der Waals surface area contributed by atoms with Gasteiger partial charge in [0, 0.05) is 13.5 Å². The zero-order valence-electron chi connectivity index (χ0n) is 10.3. The number of aromatic nitrogens is 2. The Bertz CT molecular complexity index is 614. The van der Waals surface area contributed by atoms with Crippen LogP contribution in [0.2, 0.25) is 0 Å². The van der Waals surface area contributed by atoms with Crippen LogP contribution >= 0.6 is 0 Å². The number of benzene rings is 1. The van der Waals surface area contributed by atoms with E-state index in [4.69, 9.17) is 9.47 Å². The molecule has 94 valence electrons. The molecule has 2 aromatic rings. The molecule has 1 aromatic heterocycles. The molecule has 5 heteroatoms. The lowest BCUT2D eigenvalue weighted by Gasteiger charge is -2.25. The van der Waals surface area contributed by atoms with Crippen LogP contribution in [-0.4, -0.2) is 29.2 Å². The summed E-state index contributed by atoms with van der Waals surface area (Å²) in [7, 11) is 3.32. The molecule has 1 aliphatic rings. The van der Waals surface area contributed by atoms with Crippen LogP contribution in [0.25, 0.3) is 11.0 Å². The smallest absolute Gasteiger partial charge is 0.337 e. The van der Waals surface area contributed by atoms with E-state index < -0.39 is 0 Å². The van der Waals surface area contributed by atoms with Crippen molar-refractivity contribution in [3.63, 3.8) is 0 Å². The number of imidazole rings is 1. The molecule has 2 heterocycles. The molecule has 0 unspecified atom stereocenters. The van der Waals surface area contributed by atoms with Crippen LogP contribution in [0.5, 0.6) is 0 Å². The molecule has 1 atom stereocenters. The van der Waals surface area contributed by atoms with Crippen molar-refractivity contribution in [1.82, 2.24) is 9.55 Å². The first kappa shape index (κ1) is 11.2. The first-order valence-electron chi connectivity index (χ1n) is 5.87. The number of hydrogen-bond acceptors (Lipinski definition) is 4. The minimum atomic E-state index is -0.334. The summed E-state index contributed by atoms with van der Waals surface area (Å²) < 4.78 is 12.1. The number of aryl methyl sites for hydroxylation is 1. The zero-order valence-corrected chi connectivity index (χ0v) is 10.3. The van der Waals surface area contributed by atoms with Crippen LogP contribution in [0.15, 0.2) is 18.2 Å². The van der Waals surface area contributed by atoms with Crippen LogP contribution in [-0.2, 0) is 16.5 Å². The van der Waals surface area contributed by atoms with Crippen molar-refractivity contribution in [3.8, 4) is 0 Å². The molecule has 1 saturated heterocycles. The fourth-order valence-corrected chi connectivity index (χ4v) is 2.18. The van der Waals surface area contributed by atoms with Crippen LogP contribution in [0.1, 0.15) is 28.7 Å². The van der Waals surface area contributed by atoms with Gasteiger partial charge >= 0.3 is 5.97 Å². The molecule has 1 aliphatic heterocycles. The lowest BCUT2D eigenvalue weighted by molar-refractivity contribution is -0.0591. The average molecular weight is 246 g/mol. The molecule has 0 saturated carbocycles. The quantitative estimate of drug-likeness (QED) is 0.758. The summed E-state index contributed by atoms with van der Waals surface area (Å²) in [6.45, 7) is 0.793. The van der Waals surface area contributed by atoms with E-state index in [1.54, 1.807) is 12.1 Å². The topological polar surface area (TPSA) is 53.4 Å². The Morgan fingerprint density at radius 3 is 2.94 bits per heavy atom. The van der Waals surface area contributed by atoms with Crippen molar-refractivity contribution in [2.45, 2.75) is 12.5 Å². The van der Waals surface area contributed by atoms with E-state index in [9.17, 15) is 4.79 Å². The fraction of sp³-hybridized carbons (Fsp3) is 0.385. The molecule has 0 amide bonds. The molecule has 0 spiro atoms. The van der Waals surface area contributed by atoms with Crippen molar-refractivity contribution in [2.24, 2.45) is 7.05 Å². The number of hydrogen-bond donors (Lipinski definition) is 0. The number of methoxy groups -OCH3 is 1. The van der Waals surface area contributed by atoms with Crippen molar-refractivity contribution < 1.29 is 14.3 Å². The number of carbonyl (C=O) groups is 1. The third-order valence-electron chi connectivity index (χ3n) is 3.32. The van der Waals surface area contributed by atoms with E-state index in [0.717, 1.165) is 29.9 Å². The van der Waals surface area contributed by atoms with Crippen LogP contribution in [0.4, 0.5) is 0 Å². The summed E-state index contributed by atoms with van der Waals surface area (Å²) in [6, 6.07) is 5.37. The van der Waals surface area contributed by atoms with Gasteiger partial charge in [-0.2, -0.15) is 0 Å². The summed E-state index contributed by atoms with van der Waals surface area (Å²) >= 11 is 0. The predicted molar refractivity (Wildman–Crippen MR) is 65.4 cm³/mol. The van der Waals surface area contributed by atoms with Crippen molar-refractivity contribution in [3.05, 3.63) is 29.6 Å². The van der Waals surface area contributed by atoms with Crippen LogP contribution < -0.4 is 0 Å². The SMILES string of the molecule is COC(=O)c1ccc2nc([C@@H]3CCO3)n(C)c2c1. The Morgan fingerprint density at radius 1 is 1.56 bits per heavy atom. The van der Waals surface area contributed by atoms with Crippen molar-refractivity contribution in [2.75, 3.05) is 13.7 Å². The van der Waals surface area contributed by atoms with Gasteiger partial charge in [0.15, 0.2) is 0 Å². The van der Waals surface area contributed by atoms with E-state index in [1.165, 1.54) is 7.11 Å². The van der Waals surface area contributed by atoms with Crippen molar-refractivity contribution >= 4 is 17.0 Å². The molecule has 0 radical (unpaired) electrons. The molecule has 0 bridgehead atoms. The number of rotatable bonds is 2. The number of nitrogens with zero attached hydrogens (tertiary/aromatic N) is 2. The van der Waals surface area contributed by atoms with Gasteiger partial charge in [0.05, 0.1) is 30.3 Å². The second-order valence-corrected chi connectivity index (χ2v) is 4.37. The van der Waals surface area contributed by atoms with E-state index in [-0.39, 0.29) is 12.1 Å². The van der Waals surface area contributed by atoms with Gasteiger partial charge in [-0.1, -0.05) is 0 Å². The summed E-state index contributed by atoms with van der Waals surface area (Å²) in [5.74, 6) is 0.581. The number of ether oxygens (including phenoxy) is 2. The normalized spacial score (nSPS) is 18.7. The Kier molecular flexibility index (Phi) is 2.56. The minimum absolute atomic E-state index is 0.0870. The summed E-state index contributed by atoms with van der Waals surface area (Å²) in [4.78, 5) is 16.0. The van der Waals surface area contributed by atoms with Gasteiger partial charge in [-0.15, -0.1) is 0 Å². The standard InChI is InChI=1S/C13H14N2O3/c1-15-10-7-8(13(16)17-2)3-4-9(10)14-12(15)11-5-6-18-11/h3-4,7,11H,5-6H2,1-2H3/t11-/m0/s1. The highest BCUT2D eigenvalue weighted by molar-refractivity contribution is 5.93. The number of esters is 1. The Balaban J connectivity index is 2.09. The first-order valence-corrected chi connectivity index (χ1v) is 5.87. The lowest BCUT2D eigenvalue weighted by Crippen LogP contribution is -2.21. The van der Waals surface area contributed by atoms with Crippen LogP contribution in [0.3, 0.4) is 0 Å². The van der Waals surface area contributed by atoms with E-state index >= 15 is 0 Å². The van der Waals surface area contributed by atoms with E-state index in [2.05, 4.69) is 4.98 Å². The minimum Gasteiger partial charge on any atom is -0.465 e. The molecule has 18 heavy (non-hydrogen) atoms. The lowest BCUT2D eigenvalue weighted by atomic mass is 10.2. The molecule has 3 rings (SSSR count). The summed E-state index contributed by atoms with van der Waals surface area (Å²) in [5.41, 5.74) is 2.33. The van der Waals surface area contributed by atoms with Gasteiger partial charge in [-0.05, 0) is 18.2 Å². The maximum Gasteiger partial charge on any atom is 0.337 e. The van der Waals surface area contributed by atoms with Gasteiger partial charge in [0.2, 0.25) is 0 Å². The Morgan fingerprint density at radius 2 is 2.33 bits per heavy atom. The molecule has 1 fully saturated rings. The average Bonchev–Trinajstić information content (AvgIpc) is 2.64. The third kappa shape index (κ3) is 1.59. The van der Waals surface area contributed by atoms with Gasteiger partial charge in [-0.25, -0.2) is 9.78 Å². The van der Waals surface area contributed by atoms with Gasteiger partial charge in [0.1, 0.15) is 11.9 Å². The molecular weight excluding hydrogens is 232 g/mol. The highest BCUT2D eigenvalue weighted by Gasteiger charge is 2.25. The number of fused-ring (bicyclic) bond motifs is 1. The first-order chi connectivity index (χ1) is 8.70. The Hall–Kier alpha value is -1.88. The molecule has 1 aromatic carbocycles. The monoisotopic (exact) mass is 246 g/mol. The van der Waals surface area contributed by atoms with Crippen molar-refractivity contribution in [1.29, 1.82) is 0 Å². The highest BCUT2D eigenvalue weighted by atomic mass is 16.5. The van der Waals surface area contributed by atoms with Gasteiger partial charge in [-0.3, -0.25) is 0 Å². The van der Waals surface area contributed by atoms with Gasteiger partial charge in [0.25, 0.3) is 0 Å². The molecular formula is C13H14N2O3. The molecule has 0 N–H and O–H groups in total. The van der Waals surface area contributed by atoms with Gasteiger partial charge < -0.3 is 14.0 Å². The highest BCUT2D eigenvalue weighted by Crippen LogP contribution is 2.30.